The molecule has 78 valence electrons. The second kappa shape index (κ2) is 3.69. The van der Waals surface area contributed by atoms with Crippen LogP contribution >= 0.6 is 0 Å². The number of nitrogens with zero attached hydrogens (tertiary/aromatic N) is 2. The molecular weight excluding hydrogens is 176 g/mol. The highest BCUT2D eigenvalue weighted by molar-refractivity contribution is 5.03. The van der Waals surface area contributed by atoms with Crippen LogP contribution in [0.1, 0.15) is 56.7 Å². The zero-order valence-electron chi connectivity index (χ0n) is 8.83. The van der Waals surface area contributed by atoms with Gasteiger partial charge in [0.15, 0.2) is 5.82 Å². The first kappa shape index (κ1) is 9.65. The van der Waals surface area contributed by atoms with Gasteiger partial charge < -0.3 is 5.73 Å². The van der Waals surface area contributed by atoms with Gasteiger partial charge in [-0.25, -0.2) is 4.98 Å². The Bertz CT molecular complexity index is 305. The Morgan fingerprint density at radius 2 is 2.29 bits per heavy atom. The summed E-state index contributed by atoms with van der Waals surface area (Å²) in [6, 6.07) is -0.0725. The quantitative estimate of drug-likeness (QED) is 0.753. The Balaban J connectivity index is 2.16. The first-order valence-corrected chi connectivity index (χ1v) is 5.36. The highest BCUT2D eigenvalue weighted by Crippen LogP contribution is 2.37. The molecular formula is C10H18N4. The van der Waals surface area contributed by atoms with Gasteiger partial charge in [-0.1, -0.05) is 13.3 Å². The average molecular weight is 194 g/mol. The molecule has 1 saturated carbocycles. The predicted octanol–water partition coefficient (Wildman–Crippen LogP) is 1.73. The summed E-state index contributed by atoms with van der Waals surface area (Å²) in [6.07, 6.45) is 3.84. The van der Waals surface area contributed by atoms with Gasteiger partial charge in [0.05, 0.1) is 6.04 Å². The average Bonchev–Trinajstić information content (AvgIpc) is 2.71. The van der Waals surface area contributed by atoms with E-state index in [2.05, 4.69) is 22.1 Å². The SMILES string of the molecule is CC(N)c1n[nH]c(C2CCCC2C)n1. The summed E-state index contributed by atoms with van der Waals surface area (Å²) in [5.41, 5.74) is 5.72. The Morgan fingerprint density at radius 3 is 2.79 bits per heavy atom. The van der Waals surface area contributed by atoms with E-state index in [0.29, 0.717) is 5.92 Å². The van der Waals surface area contributed by atoms with Crippen LogP contribution in [0.2, 0.25) is 0 Å². The molecule has 1 aromatic heterocycles. The van der Waals surface area contributed by atoms with Crippen LogP contribution < -0.4 is 5.73 Å². The lowest BCUT2D eigenvalue weighted by atomic mass is 9.98. The third-order valence-corrected chi connectivity index (χ3v) is 3.14. The lowest BCUT2D eigenvalue weighted by molar-refractivity contribution is 0.510. The number of hydrogen-bond donors (Lipinski definition) is 2. The lowest BCUT2D eigenvalue weighted by Crippen LogP contribution is -2.08. The van der Waals surface area contributed by atoms with Gasteiger partial charge in [0.25, 0.3) is 0 Å². The van der Waals surface area contributed by atoms with Crippen molar-refractivity contribution in [2.75, 3.05) is 0 Å². The van der Waals surface area contributed by atoms with Crippen molar-refractivity contribution in [1.29, 1.82) is 0 Å². The maximum Gasteiger partial charge on any atom is 0.167 e. The Kier molecular flexibility index (Phi) is 2.54. The van der Waals surface area contributed by atoms with E-state index in [9.17, 15) is 0 Å². The molecule has 14 heavy (non-hydrogen) atoms. The van der Waals surface area contributed by atoms with Crippen LogP contribution in [0, 0.1) is 5.92 Å². The third-order valence-electron chi connectivity index (χ3n) is 3.14. The molecule has 3 atom stereocenters. The van der Waals surface area contributed by atoms with Crippen LogP contribution in [-0.4, -0.2) is 15.2 Å². The van der Waals surface area contributed by atoms with Crippen molar-refractivity contribution < 1.29 is 0 Å². The first-order valence-electron chi connectivity index (χ1n) is 5.36. The minimum absolute atomic E-state index is 0.0725. The van der Waals surface area contributed by atoms with Crippen LogP contribution in [0.3, 0.4) is 0 Å². The standard InChI is InChI=1S/C10H18N4/c1-6-4-3-5-8(6)10-12-9(7(2)11)13-14-10/h6-8H,3-5,11H2,1-2H3,(H,12,13,14). The van der Waals surface area contributed by atoms with Crippen molar-refractivity contribution in [1.82, 2.24) is 15.2 Å². The maximum atomic E-state index is 5.72. The molecule has 0 radical (unpaired) electrons. The molecule has 0 saturated heterocycles. The number of hydrogen-bond acceptors (Lipinski definition) is 3. The van der Waals surface area contributed by atoms with E-state index >= 15 is 0 Å². The zero-order valence-corrected chi connectivity index (χ0v) is 8.83. The number of nitrogens with two attached hydrogens (primary N) is 1. The van der Waals surface area contributed by atoms with Crippen LogP contribution in [0.25, 0.3) is 0 Å². The fourth-order valence-electron chi connectivity index (χ4n) is 2.21. The van der Waals surface area contributed by atoms with Gasteiger partial charge in [-0.05, 0) is 25.7 Å². The van der Waals surface area contributed by atoms with E-state index in [1.807, 2.05) is 6.92 Å². The van der Waals surface area contributed by atoms with Gasteiger partial charge >= 0.3 is 0 Å². The molecule has 3 N–H and O–H groups in total. The van der Waals surface area contributed by atoms with Crippen molar-refractivity contribution in [3.8, 4) is 0 Å². The van der Waals surface area contributed by atoms with E-state index in [0.717, 1.165) is 17.6 Å². The number of aromatic nitrogens is 3. The topological polar surface area (TPSA) is 67.6 Å². The van der Waals surface area contributed by atoms with Gasteiger partial charge in [-0.3, -0.25) is 5.10 Å². The summed E-state index contributed by atoms with van der Waals surface area (Å²) in [5, 5.41) is 7.15. The molecule has 0 bridgehead atoms. The Labute approximate surface area is 84.3 Å². The minimum Gasteiger partial charge on any atom is -0.321 e. The van der Waals surface area contributed by atoms with Crippen LogP contribution in [-0.2, 0) is 0 Å². The summed E-state index contributed by atoms with van der Waals surface area (Å²) in [7, 11) is 0. The summed E-state index contributed by atoms with van der Waals surface area (Å²) < 4.78 is 0. The molecule has 3 unspecified atom stereocenters. The van der Waals surface area contributed by atoms with Crippen LogP contribution in [0.15, 0.2) is 0 Å². The predicted molar refractivity (Wildman–Crippen MR) is 54.7 cm³/mol. The summed E-state index contributed by atoms with van der Waals surface area (Å²) in [5.74, 6) is 3.06. The summed E-state index contributed by atoms with van der Waals surface area (Å²) in [6.45, 7) is 4.19. The number of H-pyrrole nitrogens is 1. The van der Waals surface area contributed by atoms with Crippen molar-refractivity contribution in [2.45, 2.75) is 45.1 Å². The van der Waals surface area contributed by atoms with E-state index in [4.69, 9.17) is 5.73 Å². The lowest BCUT2D eigenvalue weighted by Gasteiger charge is -2.10. The highest BCUT2D eigenvalue weighted by atomic mass is 15.2. The van der Waals surface area contributed by atoms with Gasteiger partial charge in [-0.15, -0.1) is 0 Å². The molecule has 2 rings (SSSR count). The largest absolute Gasteiger partial charge is 0.321 e. The molecule has 0 aromatic carbocycles. The summed E-state index contributed by atoms with van der Waals surface area (Å²) in [4.78, 5) is 4.45. The van der Waals surface area contributed by atoms with Gasteiger partial charge in [-0.2, -0.15) is 5.10 Å². The van der Waals surface area contributed by atoms with Gasteiger partial charge in [0.1, 0.15) is 5.82 Å². The number of rotatable bonds is 2. The Morgan fingerprint density at radius 1 is 1.50 bits per heavy atom. The molecule has 4 nitrogen and oxygen atoms in total. The zero-order chi connectivity index (χ0) is 10.1. The molecule has 1 fully saturated rings. The van der Waals surface area contributed by atoms with E-state index < -0.39 is 0 Å². The number of nitrogens with one attached hydrogen (secondary N) is 1. The minimum atomic E-state index is -0.0725. The molecule has 0 amide bonds. The van der Waals surface area contributed by atoms with Crippen LogP contribution in [0.4, 0.5) is 0 Å². The van der Waals surface area contributed by atoms with E-state index in [1.54, 1.807) is 0 Å². The molecule has 1 heterocycles. The normalized spacial score (nSPS) is 29.4. The van der Waals surface area contributed by atoms with Crippen molar-refractivity contribution in [2.24, 2.45) is 11.7 Å². The second-order valence-electron chi connectivity index (χ2n) is 4.38. The van der Waals surface area contributed by atoms with Crippen molar-refractivity contribution in [3.05, 3.63) is 11.6 Å². The third kappa shape index (κ3) is 1.66. The Hall–Kier alpha value is -0.900. The summed E-state index contributed by atoms with van der Waals surface area (Å²) >= 11 is 0. The van der Waals surface area contributed by atoms with Gasteiger partial charge in [0.2, 0.25) is 0 Å². The second-order valence-corrected chi connectivity index (χ2v) is 4.38. The molecule has 1 aliphatic rings. The molecule has 0 spiro atoms. The van der Waals surface area contributed by atoms with Gasteiger partial charge in [0, 0.05) is 5.92 Å². The van der Waals surface area contributed by atoms with Crippen molar-refractivity contribution >= 4 is 0 Å². The van der Waals surface area contributed by atoms with Crippen molar-refractivity contribution in [3.63, 3.8) is 0 Å². The molecule has 1 aromatic rings. The number of aromatic amines is 1. The van der Waals surface area contributed by atoms with Crippen LogP contribution in [0.5, 0.6) is 0 Å². The fraction of sp³-hybridized carbons (Fsp3) is 0.800. The fourth-order valence-corrected chi connectivity index (χ4v) is 2.21. The first-order chi connectivity index (χ1) is 6.68. The smallest absolute Gasteiger partial charge is 0.167 e. The molecule has 4 heteroatoms. The molecule has 0 aliphatic heterocycles. The highest BCUT2D eigenvalue weighted by Gasteiger charge is 2.27. The maximum absolute atomic E-state index is 5.72. The monoisotopic (exact) mass is 194 g/mol. The van der Waals surface area contributed by atoms with E-state index in [-0.39, 0.29) is 6.04 Å². The molecule has 1 aliphatic carbocycles. The van der Waals surface area contributed by atoms with E-state index in [1.165, 1.54) is 19.3 Å².